The number of anilines is 1. The van der Waals surface area contributed by atoms with Crippen molar-refractivity contribution in [2.75, 3.05) is 5.73 Å². The molecule has 0 aliphatic carbocycles. The maximum atomic E-state index is 10.6. The van der Waals surface area contributed by atoms with Gasteiger partial charge < -0.3 is 15.9 Å². The number of hydrogen-bond donors (Lipinski definition) is 3. The molecule has 110 valence electrons. The zero-order valence-corrected chi connectivity index (χ0v) is 12.0. The molecule has 0 spiro atoms. The molecule has 21 heavy (non-hydrogen) atoms. The summed E-state index contributed by atoms with van der Waals surface area (Å²) in [5.74, 6) is -2.22. The molecule has 0 amide bonds. The number of carboxylic acid groups (broad SMARTS) is 2. The Balaban J connectivity index is 0.000000235. The van der Waals surface area contributed by atoms with Crippen LogP contribution in [0.4, 0.5) is 5.69 Å². The van der Waals surface area contributed by atoms with E-state index < -0.39 is 11.9 Å². The van der Waals surface area contributed by atoms with Gasteiger partial charge in [0.15, 0.2) is 0 Å². The summed E-state index contributed by atoms with van der Waals surface area (Å²) in [6, 6.07) is 11.2. The van der Waals surface area contributed by atoms with Crippen LogP contribution in [-0.4, -0.2) is 22.2 Å². The van der Waals surface area contributed by atoms with Gasteiger partial charge in [0.2, 0.25) is 0 Å². The number of carbonyl (C=O) groups is 2. The highest BCUT2D eigenvalue weighted by Gasteiger charge is 2.13. The van der Waals surface area contributed by atoms with Gasteiger partial charge in [0.25, 0.3) is 0 Å². The normalized spacial score (nSPS) is 9.43. The molecule has 0 fully saturated rings. The highest BCUT2D eigenvalue weighted by molar-refractivity contribution is 6.30. The number of nitrogen functional groups attached to an aromatic ring is 1. The molecule has 0 saturated carbocycles. The number of hydrogen-bond acceptors (Lipinski definition) is 3. The number of carboxylic acids is 2. The summed E-state index contributed by atoms with van der Waals surface area (Å²) in [6.45, 7) is 1.48. The maximum absolute atomic E-state index is 10.6. The minimum atomic E-state index is -1.11. The Hall–Kier alpha value is -2.53. The third kappa shape index (κ3) is 4.81. The van der Waals surface area contributed by atoms with Crippen LogP contribution in [0.1, 0.15) is 26.3 Å². The number of halogens is 1. The first-order chi connectivity index (χ1) is 9.82. The van der Waals surface area contributed by atoms with Crippen LogP contribution in [0.15, 0.2) is 42.5 Å². The zero-order valence-electron chi connectivity index (χ0n) is 11.2. The molecule has 6 heteroatoms. The van der Waals surface area contributed by atoms with Gasteiger partial charge in [-0.25, -0.2) is 9.59 Å². The molecule has 0 radical (unpaired) electrons. The summed E-state index contributed by atoms with van der Waals surface area (Å²) in [5.41, 5.74) is 6.45. The van der Waals surface area contributed by atoms with Crippen molar-refractivity contribution in [3.05, 3.63) is 64.2 Å². The van der Waals surface area contributed by atoms with Gasteiger partial charge in [-0.2, -0.15) is 0 Å². The van der Waals surface area contributed by atoms with E-state index in [0.29, 0.717) is 0 Å². The molecule has 5 nitrogen and oxygen atoms in total. The van der Waals surface area contributed by atoms with E-state index >= 15 is 0 Å². The molecule has 0 atom stereocenters. The molecule has 0 aliphatic rings. The predicted molar refractivity (Wildman–Crippen MR) is 81.0 cm³/mol. The molecular weight excluding hydrogens is 294 g/mol. The number of rotatable bonds is 2. The number of aromatic carboxylic acids is 2. The van der Waals surface area contributed by atoms with E-state index in [9.17, 15) is 9.59 Å². The van der Waals surface area contributed by atoms with Crippen molar-refractivity contribution < 1.29 is 19.8 Å². The van der Waals surface area contributed by atoms with Crippen LogP contribution in [0.2, 0.25) is 5.02 Å². The van der Waals surface area contributed by atoms with E-state index in [4.69, 9.17) is 27.5 Å². The van der Waals surface area contributed by atoms with Crippen LogP contribution in [0.3, 0.4) is 0 Å². The van der Waals surface area contributed by atoms with Gasteiger partial charge in [0.1, 0.15) is 0 Å². The Morgan fingerprint density at radius 1 is 0.952 bits per heavy atom. The van der Waals surface area contributed by atoms with Crippen molar-refractivity contribution in [1.82, 2.24) is 0 Å². The first-order valence-corrected chi connectivity index (χ1v) is 6.28. The Bertz CT molecular complexity index is 600. The van der Waals surface area contributed by atoms with Gasteiger partial charge in [0.05, 0.1) is 11.1 Å². The second-order valence-electron chi connectivity index (χ2n) is 4.14. The third-order valence-corrected chi connectivity index (χ3v) is 2.92. The van der Waals surface area contributed by atoms with Crippen molar-refractivity contribution in [2.24, 2.45) is 0 Å². The summed E-state index contributed by atoms with van der Waals surface area (Å²) >= 11 is 5.56. The number of benzene rings is 2. The molecule has 2 aromatic carbocycles. The van der Waals surface area contributed by atoms with E-state index in [1.807, 2.05) is 0 Å². The lowest BCUT2D eigenvalue weighted by atomic mass is 10.0. The van der Waals surface area contributed by atoms with E-state index in [0.717, 1.165) is 10.7 Å². The Morgan fingerprint density at radius 3 is 1.71 bits per heavy atom. The SMILES string of the molecule is Cc1c(C(=O)O)cccc1C(=O)O.Nc1ccc(Cl)cc1. The number of nitrogens with two attached hydrogens (primary N) is 1. The van der Waals surface area contributed by atoms with E-state index in [1.165, 1.54) is 25.1 Å². The first kappa shape index (κ1) is 16.5. The second-order valence-corrected chi connectivity index (χ2v) is 4.58. The van der Waals surface area contributed by atoms with Gasteiger partial charge in [-0.3, -0.25) is 0 Å². The predicted octanol–water partition coefficient (Wildman–Crippen LogP) is 3.31. The Labute approximate surface area is 126 Å². The van der Waals surface area contributed by atoms with Gasteiger partial charge in [0, 0.05) is 10.7 Å². The van der Waals surface area contributed by atoms with E-state index in [-0.39, 0.29) is 16.7 Å². The van der Waals surface area contributed by atoms with Crippen LogP contribution in [-0.2, 0) is 0 Å². The van der Waals surface area contributed by atoms with Gasteiger partial charge in [-0.15, -0.1) is 0 Å². The van der Waals surface area contributed by atoms with Crippen LogP contribution in [0.5, 0.6) is 0 Å². The van der Waals surface area contributed by atoms with Crippen LogP contribution in [0, 0.1) is 6.92 Å². The molecule has 0 aromatic heterocycles. The van der Waals surface area contributed by atoms with Crippen molar-refractivity contribution >= 4 is 29.2 Å². The van der Waals surface area contributed by atoms with E-state index in [2.05, 4.69) is 0 Å². The van der Waals surface area contributed by atoms with E-state index in [1.54, 1.807) is 24.3 Å². The largest absolute Gasteiger partial charge is 0.478 e. The fourth-order valence-corrected chi connectivity index (χ4v) is 1.69. The maximum Gasteiger partial charge on any atom is 0.335 e. The van der Waals surface area contributed by atoms with Crippen molar-refractivity contribution in [2.45, 2.75) is 6.92 Å². The molecule has 0 aliphatic heterocycles. The van der Waals surface area contributed by atoms with Crippen molar-refractivity contribution in [3.63, 3.8) is 0 Å². The van der Waals surface area contributed by atoms with Gasteiger partial charge in [-0.05, 0) is 48.9 Å². The highest BCUT2D eigenvalue weighted by atomic mass is 35.5. The molecule has 0 unspecified atom stereocenters. The minimum Gasteiger partial charge on any atom is -0.478 e. The molecular formula is C15H14ClNO4. The molecule has 2 rings (SSSR count). The summed E-state index contributed by atoms with van der Waals surface area (Å²) in [6.07, 6.45) is 0. The molecule has 4 N–H and O–H groups in total. The summed E-state index contributed by atoms with van der Waals surface area (Å²) in [5, 5.41) is 18.1. The van der Waals surface area contributed by atoms with Crippen LogP contribution < -0.4 is 5.73 Å². The quantitative estimate of drug-likeness (QED) is 0.739. The van der Waals surface area contributed by atoms with Gasteiger partial charge >= 0.3 is 11.9 Å². The lowest BCUT2D eigenvalue weighted by molar-refractivity contribution is 0.0696. The zero-order chi connectivity index (χ0) is 16.0. The van der Waals surface area contributed by atoms with Gasteiger partial charge in [-0.1, -0.05) is 17.7 Å². The van der Waals surface area contributed by atoms with Crippen LogP contribution in [0.25, 0.3) is 0 Å². The lowest BCUT2D eigenvalue weighted by Crippen LogP contribution is -2.06. The molecule has 0 heterocycles. The smallest absolute Gasteiger partial charge is 0.335 e. The average molecular weight is 308 g/mol. The third-order valence-electron chi connectivity index (χ3n) is 2.66. The first-order valence-electron chi connectivity index (χ1n) is 5.90. The summed E-state index contributed by atoms with van der Waals surface area (Å²) in [7, 11) is 0. The fourth-order valence-electron chi connectivity index (χ4n) is 1.56. The van der Waals surface area contributed by atoms with Crippen molar-refractivity contribution in [1.29, 1.82) is 0 Å². The minimum absolute atomic E-state index is 0.0277. The Morgan fingerprint density at radius 2 is 1.38 bits per heavy atom. The topological polar surface area (TPSA) is 101 Å². The second kappa shape index (κ2) is 7.31. The average Bonchev–Trinajstić information content (AvgIpc) is 2.42. The summed E-state index contributed by atoms with van der Waals surface area (Å²) in [4.78, 5) is 21.2. The monoisotopic (exact) mass is 307 g/mol. The van der Waals surface area contributed by atoms with Crippen molar-refractivity contribution in [3.8, 4) is 0 Å². The lowest BCUT2D eigenvalue weighted by Gasteiger charge is -2.03. The highest BCUT2D eigenvalue weighted by Crippen LogP contribution is 2.13. The molecule has 0 bridgehead atoms. The molecule has 0 saturated heterocycles. The fraction of sp³-hybridized carbons (Fsp3) is 0.0667. The molecule has 2 aromatic rings. The van der Waals surface area contributed by atoms with Crippen LogP contribution >= 0.6 is 11.6 Å². The standard InChI is InChI=1S/C9H8O4.C6H6ClN/c1-5-6(8(10)11)3-2-4-7(5)9(12)13;7-5-1-3-6(8)4-2-5/h2-4H,1H3,(H,10,11)(H,12,13);1-4H,8H2. The Kier molecular flexibility index (Phi) is 5.75. The summed E-state index contributed by atoms with van der Waals surface area (Å²) < 4.78 is 0.